The highest BCUT2D eigenvalue weighted by molar-refractivity contribution is 9.10. The van der Waals surface area contributed by atoms with E-state index in [1.54, 1.807) is 28.0 Å². The highest BCUT2D eigenvalue weighted by Crippen LogP contribution is 2.21. The Morgan fingerprint density at radius 3 is 2.48 bits per heavy atom. The van der Waals surface area contributed by atoms with Crippen LogP contribution in [0.25, 0.3) is 0 Å². The first-order valence-electron chi connectivity index (χ1n) is 7.26. The molecule has 0 aliphatic heterocycles. The number of halogens is 1. The number of rotatable bonds is 7. The second-order valence-corrected chi connectivity index (χ2v) is 8.29. The smallest absolute Gasteiger partial charge is 0.236 e. The minimum atomic E-state index is 0.137. The summed E-state index contributed by atoms with van der Waals surface area (Å²) in [6.07, 6.45) is 2.07. The predicted molar refractivity (Wildman–Crippen MR) is 103 cm³/mol. The molecule has 0 unspecified atom stereocenters. The summed E-state index contributed by atoms with van der Waals surface area (Å²) in [6.45, 7) is 1.86. The van der Waals surface area contributed by atoms with Crippen molar-refractivity contribution >= 4 is 44.9 Å². The summed E-state index contributed by atoms with van der Waals surface area (Å²) < 4.78 is 1.07. The van der Waals surface area contributed by atoms with Gasteiger partial charge in [-0.25, -0.2) is 0 Å². The molecule has 0 bridgehead atoms. The number of likely N-dealkylation sites (N-methyl/N-ethyl adjacent to an activating group) is 2. The summed E-state index contributed by atoms with van der Waals surface area (Å²) >= 11 is 6.84. The molecule has 0 aliphatic carbocycles. The summed E-state index contributed by atoms with van der Waals surface area (Å²) in [6, 6.07) is 10.6. The highest BCUT2D eigenvalue weighted by atomic mass is 79.9. The van der Waals surface area contributed by atoms with Gasteiger partial charge in [-0.2, -0.15) is 0 Å². The second-order valence-electron chi connectivity index (χ2n) is 5.50. The lowest BCUT2D eigenvalue weighted by Crippen LogP contribution is -2.35. The summed E-state index contributed by atoms with van der Waals surface area (Å²) in [5.74, 6) is 0.137. The Hall–Kier alpha value is -0.820. The number of hydrogen-bond acceptors (Lipinski definition) is 4. The third kappa shape index (κ3) is 5.95. The second kappa shape index (κ2) is 8.87. The molecule has 0 fully saturated rings. The van der Waals surface area contributed by atoms with Crippen LogP contribution in [0.4, 0.5) is 0 Å². The van der Waals surface area contributed by atoms with E-state index in [0.29, 0.717) is 13.1 Å². The molecule has 0 aliphatic rings. The van der Waals surface area contributed by atoms with Gasteiger partial charge in [0, 0.05) is 33.2 Å². The Labute approximate surface area is 154 Å². The van der Waals surface area contributed by atoms with Gasteiger partial charge in [0.25, 0.3) is 0 Å². The van der Waals surface area contributed by atoms with Crippen LogP contribution in [0.5, 0.6) is 0 Å². The van der Waals surface area contributed by atoms with Gasteiger partial charge in [-0.15, -0.1) is 23.1 Å². The third-order valence-electron chi connectivity index (χ3n) is 3.46. The number of amides is 1. The summed E-state index contributed by atoms with van der Waals surface area (Å²) in [4.78, 5) is 18.6. The lowest BCUT2D eigenvalue weighted by molar-refractivity contribution is -0.131. The summed E-state index contributed by atoms with van der Waals surface area (Å²) in [5.41, 5.74) is 1.22. The maximum atomic E-state index is 12.3. The molecule has 1 amide bonds. The zero-order chi connectivity index (χ0) is 16.8. The lowest BCUT2D eigenvalue weighted by Gasteiger charge is -2.21. The van der Waals surface area contributed by atoms with E-state index in [1.807, 2.05) is 19.5 Å². The van der Waals surface area contributed by atoms with E-state index in [-0.39, 0.29) is 5.91 Å². The average molecular weight is 413 g/mol. The molecular weight excluding hydrogens is 392 g/mol. The average Bonchev–Trinajstić information content (AvgIpc) is 2.93. The minimum absolute atomic E-state index is 0.137. The van der Waals surface area contributed by atoms with Crippen molar-refractivity contribution in [2.75, 3.05) is 26.9 Å². The number of benzene rings is 1. The van der Waals surface area contributed by atoms with Crippen LogP contribution < -0.4 is 0 Å². The molecule has 1 aromatic heterocycles. The Balaban J connectivity index is 1.83. The minimum Gasteiger partial charge on any atom is -0.340 e. The molecule has 0 N–H and O–H groups in total. The molecule has 1 heterocycles. The zero-order valence-corrected chi connectivity index (χ0v) is 16.8. The van der Waals surface area contributed by atoms with Gasteiger partial charge in [-0.1, -0.05) is 12.1 Å². The Kier molecular flexibility index (Phi) is 7.14. The fourth-order valence-corrected chi connectivity index (χ4v) is 4.12. The van der Waals surface area contributed by atoms with Gasteiger partial charge in [-0.05, 0) is 53.0 Å². The largest absolute Gasteiger partial charge is 0.340 e. The number of hydrogen-bond donors (Lipinski definition) is 0. The van der Waals surface area contributed by atoms with Crippen LogP contribution in [-0.4, -0.2) is 42.6 Å². The monoisotopic (exact) mass is 412 g/mol. The molecule has 0 saturated heterocycles. The van der Waals surface area contributed by atoms with Gasteiger partial charge in [-0.3, -0.25) is 9.69 Å². The molecule has 0 spiro atoms. The van der Waals surface area contributed by atoms with Crippen molar-refractivity contribution in [1.82, 2.24) is 9.80 Å². The van der Waals surface area contributed by atoms with Gasteiger partial charge in [0.15, 0.2) is 0 Å². The van der Waals surface area contributed by atoms with Crippen molar-refractivity contribution in [1.29, 1.82) is 0 Å². The van der Waals surface area contributed by atoms with Gasteiger partial charge >= 0.3 is 0 Å². The molecule has 23 heavy (non-hydrogen) atoms. The quantitative estimate of drug-likeness (QED) is 0.632. The molecular formula is C17H21BrN2OS2. The number of thioether (sulfide) groups is 1. The molecule has 2 aromatic rings. The first kappa shape index (κ1) is 18.5. The Morgan fingerprint density at radius 2 is 1.91 bits per heavy atom. The normalized spacial score (nSPS) is 11.0. The van der Waals surface area contributed by atoms with E-state index < -0.39 is 0 Å². The zero-order valence-electron chi connectivity index (χ0n) is 13.6. The fraction of sp³-hybridized carbons (Fsp3) is 0.353. The molecule has 124 valence electrons. The van der Waals surface area contributed by atoms with Crippen molar-refractivity contribution < 1.29 is 4.79 Å². The predicted octanol–water partition coefficient (Wildman–Crippen LogP) is 4.32. The molecule has 0 radical (unpaired) electrons. The topological polar surface area (TPSA) is 23.6 Å². The molecule has 0 atom stereocenters. The van der Waals surface area contributed by atoms with Crippen molar-refractivity contribution in [3.05, 3.63) is 50.6 Å². The van der Waals surface area contributed by atoms with E-state index in [1.165, 1.54) is 15.3 Å². The van der Waals surface area contributed by atoms with Crippen molar-refractivity contribution in [3.8, 4) is 0 Å². The lowest BCUT2D eigenvalue weighted by atomic mass is 10.2. The van der Waals surface area contributed by atoms with E-state index in [9.17, 15) is 4.79 Å². The number of carbonyl (C=O) groups excluding carboxylic acids is 1. The standard InChI is InChI=1S/C17H21BrN2OS2/c1-19(9-13-4-6-15(22-3)7-5-13)11-17(21)20(2)10-16-8-14(18)12-23-16/h4-8,12H,9-11H2,1-3H3. The van der Waals surface area contributed by atoms with Gasteiger partial charge in [0.2, 0.25) is 5.91 Å². The molecule has 6 heteroatoms. The van der Waals surface area contributed by atoms with Crippen LogP contribution in [-0.2, 0) is 17.9 Å². The van der Waals surface area contributed by atoms with E-state index in [4.69, 9.17) is 0 Å². The van der Waals surface area contributed by atoms with E-state index in [0.717, 1.165) is 11.0 Å². The molecule has 2 rings (SSSR count). The van der Waals surface area contributed by atoms with Crippen molar-refractivity contribution in [2.45, 2.75) is 18.0 Å². The highest BCUT2D eigenvalue weighted by Gasteiger charge is 2.13. The van der Waals surface area contributed by atoms with E-state index >= 15 is 0 Å². The van der Waals surface area contributed by atoms with Crippen LogP contribution in [0.2, 0.25) is 0 Å². The molecule has 3 nitrogen and oxygen atoms in total. The fourth-order valence-electron chi connectivity index (χ4n) is 2.21. The van der Waals surface area contributed by atoms with E-state index in [2.05, 4.69) is 57.4 Å². The van der Waals surface area contributed by atoms with Crippen LogP contribution in [0.3, 0.4) is 0 Å². The van der Waals surface area contributed by atoms with Crippen LogP contribution in [0.15, 0.2) is 45.1 Å². The van der Waals surface area contributed by atoms with Gasteiger partial charge in [0.1, 0.15) is 0 Å². The summed E-state index contributed by atoms with van der Waals surface area (Å²) in [7, 11) is 3.84. The van der Waals surface area contributed by atoms with Crippen LogP contribution in [0.1, 0.15) is 10.4 Å². The van der Waals surface area contributed by atoms with Gasteiger partial charge < -0.3 is 4.90 Å². The number of nitrogens with zero attached hydrogens (tertiary/aromatic N) is 2. The SMILES string of the molecule is CSc1ccc(CN(C)CC(=O)N(C)Cc2cc(Br)cs2)cc1. The first-order chi connectivity index (χ1) is 11.0. The van der Waals surface area contributed by atoms with Gasteiger partial charge in [0.05, 0.1) is 13.1 Å². The Bertz CT molecular complexity index is 642. The maximum absolute atomic E-state index is 12.3. The molecule has 1 aromatic carbocycles. The van der Waals surface area contributed by atoms with Crippen molar-refractivity contribution in [2.24, 2.45) is 0 Å². The molecule has 0 saturated carbocycles. The summed E-state index contributed by atoms with van der Waals surface area (Å²) in [5, 5.41) is 2.04. The maximum Gasteiger partial charge on any atom is 0.236 e. The number of carbonyl (C=O) groups is 1. The number of thiophene rings is 1. The Morgan fingerprint density at radius 1 is 1.22 bits per heavy atom. The third-order valence-corrected chi connectivity index (χ3v) is 5.88. The van der Waals surface area contributed by atoms with Crippen LogP contribution in [0, 0.1) is 0 Å². The first-order valence-corrected chi connectivity index (χ1v) is 10.2. The van der Waals surface area contributed by atoms with Crippen molar-refractivity contribution in [3.63, 3.8) is 0 Å². The van der Waals surface area contributed by atoms with Crippen LogP contribution >= 0.6 is 39.0 Å².